The third-order valence-corrected chi connectivity index (χ3v) is 6.31. The summed E-state index contributed by atoms with van der Waals surface area (Å²) in [7, 11) is -1.08. The Morgan fingerprint density at radius 2 is 2.00 bits per heavy atom. The molecule has 1 atom stereocenters. The van der Waals surface area contributed by atoms with E-state index in [1.54, 1.807) is 12.5 Å². The van der Waals surface area contributed by atoms with E-state index in [-0.39, 0.29) is 0 Å². The third kappa shape index (κ3) is 4.10. The first-order valence-corrected chi connectivity index (χ1v) is 11.5. The second-order valence-electron chi connectivity index (χ2n) is 8.41. The summed E-state index contributed by atoms with van der Waals surface area (Å²) in [6, 6.07) is 6.07. The van der Waals surface area contributed by atoms with Gasteiger partial charge in [-0.15, -0.1) is 0 Å². The number of H-pyrrole nitrogens is 1. The van der Waals surface area contributed by atoms with Crippen molar-refractivity contribution in [2.24, 2.45) is 5.41 Å². The van der Waals surface area contributed by atoms with Gasteiger partial charge < -0.3 is 14.7 Å². The summed E-state index contributed by atoms with van der Waals surface area (Å²) in [5.74, 6) is 0. The molecule has 0 amide bonds. The van der Waals surface area contributed by atoms with Gasteiger partial charge in [0.15, 0.2) is 5.65 Å². The predicted molar refractivity (Wildman–Crippen MR) is 117 cm³/mol. The molecule has 4 rings (SSSR count). The molecule has 0 aliphatic carbocycles. The summed E-state index contributed by atoms with van der Waals surface area (Å²) in [6.07, 6.45) is 9.26. The molecule has 1 fully saturated rings. The average molecular weight is 411 g/mol. The third-order valence-electron chi connectivity index (χ3n) is 5.42. The molecule has 1 aliphatic heterocycles. The Morgan fingerprint density at radius 3 is 2.69 bits per heavy atom. The first kappa shape index (κ1) is 19.8. The number of hydrogen-bond acceptors (Lipinski definition) is 5. The van der Waals surface area contributed by atoms with E-state index in [0.29, 0.717) is 12.1 Å². The maximum absolute atomic E-state index is 12.2. The number of fused-ring (bicyclic) bond motifs is 1. The van der Waals surface area contributed by atoms with Gasteiger partial charge in [-0.1, -0.05) is 13.8 Å². The lowest BCUT2D eigenvalue weighted by atomic mass is 9.88. The van der Waals surface area contributed by atoms with Crippen LogP contribution in [0, 0.1) is 5.41 Å². The van der Waals surface area contributed by atoms with Crippen LogP contribution in [0.15, 0.2) is 35.5 Å². The smallest absolute Gasteiger partial charge is 0.156 e. The highest BCUT2D eigenvalue weighted by Crippen LogP contribution is 2.31. The average Bonchev–Trinajstić information content (AvgIpc) is 3.38. The van der Waals surface area contributed by atoms with Crippen LogP contribution in [0.4, 0.5) is 5.69 Å². The molecule has 0 radical (unpaired) electrons. The highest BCUT2D eigenvalue weighted by Gasteiger charge is 2.21. The molecule has 2 aromatic heterocycles. The molecule has 29 heavy (non-hydrogen) atoms. The van der Waals surface area contributed by atoms with Crippen molar-refractivity contribution in [1.29, 1.82) is 0 Å². The van der Waals surface area contributed by atoms with E-state index in [9.17, 15) is 9.00 Å². The number of carbonyl (C=O) groups is 1. The van der Waals surface area contributed by atoms with Crippen molar-refractivity contribution in [2.45, 2.75) is 38.0 Å². The molecule has 3 aromatic rings. The summed E-state index contributed by atoms with van der Waals surface area (Å²) in [5, 5.41) is 0. The molecule has 1 aromatic carbocycles. The van der Waals surface area contributed by atoms with Gasteiger partial charge in [0.25, 0.3) is 0 Å². The molecule has 1 N–H and O–H groups in total. The summed E-state index contributed by atoms with van der Waals surface area (Å²) in [4.78, 5) is 27.0. The van der Waals surface area contributed by atoms with Crippen molar-refractivity contribution in [3.05, 3.63) is 36.2 Å². The molecule has 7 heteroatoms. The van der Waals surface area contributed by atoms with Gasteiger partial charge in [-0.25, -0.2) is 9.97 Å². The van der Waals surface area contributed by atoms with E-state index >= 15 is 0 Å². The van der Waals surface area contributed by atoms with E-state index in [0.717, 1.165) is 52.3 Å². The minimum atomic E-state index is -1.08. The van der Waals surface area contributed by atoms with E-state index in [1.807, 2.05) is 32.2 Å². The molecule has 152 valence electrons. The lowest BCUT2D eigenvalue weighted by Gasteiger charge is -2.19. The van der Waals surface area contributed by atoms with Crippen LogP contribution in [0.3, 0.4) is 0 Å². The first-order valence-electron chi connectivity index (χ1n) is 9.89. The van der Waals surface area contributed by atoms with Crippen LogP contribution in [0.2, 0.25) is 0 Å². The molecule has 1 unspecified atom stereocenters. The van der Waals surface area contributed by atoms with E-state index < -0.39 is 16.2 Å². The number of nitrogens with zero attached hydrogens (tertiary/aromatic N) is 3. The molecule has 3 heterocycles. The van der Waals surface area contributed by atoms with Gasteiger partial charge in [0.2, 0.25) is 0 Å². The number of aldehydes is 1. The fourth-order valence-electron chi connectivity index (χ4n) is 3.80. The molecule has 0 spiro atoms. The number of nitrogens with one attached hydrogen (secondary N) is 1. The zero-order valence-electron chi connectivity index (χ0n) is 17.1. The van der Waals surface area contributed by atoms with Crippen LogP contribution in [-0.2, 0) is 22.0 Å². The Bertz CT molecular complexity index is 1080. The number of hydrogen-bond donors (Lipinski definition) is 1. The summed E-state index contributed by atoms with van der Waals surface area (Å²) in [6.45, 7) is 5.87. The number of carbonyl (C=O) groups excluding carboxylic acids is 1. The zero-order valence-corrected chi connectivity index (χ0v) is 17.9. The van der Waals surface area contributed by atoms with Crippen molar-refractivity contribution in [2.75, 3.05) is 24.2 Å². The molecule has 1 aliphatic rings. The number of aromatic amines is 1. The lowest BCUT2D eigenvalue weighted by molar-refractivity contribution is -0.114. The Hall–Kier alpha value is -2.54. The Morgan fingerprint density at radius 1 is 1.24 bits per heavy atom. The molecular formula is C22H26N4O2S. The maximum Gasteiger partial charge on any atom is 0.156 e. The second-order valence-corrected chi connectivity index (χ2v) is 9.79. The van der Waals surface area contributed by atoms with E-state index in [2.05, 4.69) is 20.9 Å². The van der Waals surface area contributed by atoms with Crippen molar-refractivity contribution < 1.29 is 9.00 Å². The number of anilines is 1. The van der Waals surface area contributed by atoms with Gasteiger partial charge in [-0.05, 0) is 43.0 Å². The van der Waals surface area contributed by atoms with Crippen LogP contribution < -0.4 is 4.90 Å². The number of benzene rings is 1. The van der Waals surface area contributed by atoms with Crippen molar-refractivity contribution in [3.8, 4) is 11.3 Å². The van der Waals surface area contributed by atoms with Crippen molar-refractivity contribution in [1.82, 2.24) is 15.0 Å². The normalized spacial score (nSPS) is 15.8. The fraction of sp³-hybridized carbons (Fsp3) is 0.409. The minimum absolute atomic E-state index is 0.464. The molecule has 0 bridgehead atoms. The van der Waals surface area contributed by atoms with Crippen molar-refractivity contribution in [3.63, 3.8) is 0 Å². The molecule has 0 saturated carbocycles. The van der Waals surface area contributed by atoms with Gasteiger partial charge in [-0.3, -0.25) is 4.21 Å². The van der Waals surface area contributed by atoms with Crippen LogP contribution in [-0.4, -0.2) is 44.8 Å². The minimum Gasteiger partial charge on any atom is -0.371 e. The monoisotopic (exact) mass is 410 g/mol. The largest absolute Gasteiger partial charge is 0.371 e. The standard InChI is InChI=1S/C22H26N4O2S/c1-22(2,14-27)11-16-12-23-21-20(16)25-19(13-24-21)15-8-17(26-6-4-5-7-26)10-18(9-15)29(3)28/h8-10,12-14H,4-7,11H2,1-3H3,(H,23,24). The molecular weight excluding hydrogens is 384 g/mol. The number of rotatable bonds is 6. The summed E-state index contributed by atoms with van der Waals surface area (Å²) >= 11 is 0. The Labute approximate surface area is 173 Å². The predicted octanol–water partition coefficient (Wildman–Crippen LogP) is 3.73. The SMILES string of the molecule is CS(=O)c1cc(-c2cnc3[nH]cc(CC(C)(C)C=O)c3n2)cc(N2CCCC2)c1. The van der Waals surface area contributed by atoms with Crippen molar-refractivity contribution >= 4 is 33.9 Å². The van der Waals surface area contributed by atoms with Gasteiger partial charge in [0.05, 0.1) is 11.9 Å². The van der Waals surface area contributed by atoms with Crippen LogP contribution in [0.1, 0.15) is 32.3 Å². The molecule has 6 nitrogen and oxygen atoms in total. The van der Waals surface area contributed by atoms with Crippen LogP contribution in [0.5, 0.6) is 0 Å². The Balaban J connectivity index is 1.79. The highest BCUT2D eigenvalue weighted by molar-refractivity contribution is 7.84. The number of aromatic nitrogens is 3. The van der Waals surface area contributed by atoms with Gasteiger partial charge in [0.1, 0.15) is 11.8 Å². The van der Waals surface area contributed by atoms with E-state index in [4.69, 9.17) is 4.98 Å². The quantitative estimate of drug-likeness (QED) is 0.627. The van der Waals surface area contributed by atoms with Gasteiger partial charge in [-0.2, -0.15) is 0 Å². The topological polar surface area (TPSA) is 79.0 Å². The van der Waals surface area contributed by atoms with Gasteiger partial charge in [0, 0.05) is 57.9 Å². The fourth-order valence-corrected chi connectivity index (χ4v) is 4.38. The molecule has 1 saturated heterocycles. The van der Waals surface area contributed by atoms with Gasteiger partial charge >= 0.3 is 0 Å². The van der Waals surface area contributed by atoms with Crippen LogP contribution in [0.25, 0.3) is 22.4 Å². The van der Waals surface area contributed by atoms with Crippen LogP contribution >= 0.6 is 0 Å². The highest BCUT2D eigenvalue weighted by atomic mass is 32.2. The maximum atomic E-state index is 12.2. The Kier molecular flexibility index (Phi) is 5.25. The summed E-state index contributed by atoms with van der Waals surface area (Å²) < 4.78 is 12.2. The zero-order chi connectivity index (χ0) is 20.6. The first-order chi connectivity index (χ1) is 13.9. The second kappa shape index (κ2) is 7.71. The summed E-state index contributed by atoms with van der Waals surface area (Å²) in [5.41, 5.74) is 4.74. The van der Waals surface area contributed by atoms with E-state index in [1.165, 1.54) is 12.8 Å². The lowest BCUT2D eigenvalue weighted by Crippen LogP contribution is -2.17.